The third-order valence-corrected chi connectivity index (χ3v) is 3.82. The summed E-state index contributed by atoms with van der Waals surface area (Å²) in [6, 6.07) is 10.6. The topological polar surface area (TPSA) is 38.3 Å². The zero-order valence-electron chi connectivity index (χ0n) is 11.1. The molecule has 3 nitrogen and oxygen atoms in total. The van der Waals surface area contributed by atoms with E-state index in [0.29, 0.717) is 15.8 Å². The number of carbonyl (C=O) groups excluding carboxylic acids is 1. The molecule has 0 aromatic heterocycles. The Bertz CT molecular complexity index is 656. The fraction of sp³-hybridized carbons (Fsp3) is 0.133. The summed E-state index contributed by atoms with van der Waals surface area (Å²) in [5, 5.41) is 3.52. The van der Waals surface area contributed by atoms with E-state index in [0.717, 1.165) is 15.7 Å². The van der Waals surface area contributed by atoms with Crippen LogP contribution >= 0.6 is 39.1 Å². The standard InChI is InChI=1S/C15H12BrCl2NO2/c1-9-7-10(16)5-6-13(9)19-14(20)8-21-15-11(17)3-2-4-12(15)18/h2-7H,8H2,1H3,(H,19,20). The number of nitrogens with one attached hydrogen (secondary N) is 1. The summed E-state index contributed by atoms with van der Waals surface area (Å²) >= 11 is 15.3. The molecule has 2 aromatic rings. The predicted octanol–water partition coefficient (Wildman–Crippen LogP) is 5.08. The highest BCUT2D eigenvalue weighted by Crippen LogP contribution is 2.32. The Labute approximate surface area is 141 Å². The first-order valence-electron chi connectivity index (χ1n) is 6.10. The molecule has 0 aliphatic carbocycles. The molecule has 21 heavy (non-hydrogen) atoms. The monoisotopic (exact) mass is 387 g/mol. The van der Waals surface area contributed by atoms with E-state index < -0.39 is 0 Å². The van der Waals surface area contributed by atoms with Gasteiger partial charge < -0.3 is 10.1 Å². The van der Waals surface area contributed by atoms with E-state index in [4.69, 9.17) is 27.9 Å². The smallest absolute Gasteiger partial charge is 0.262 e. The van der Waals surface area contributed by atoms with Gasteiger partial charge in [0.15, 0.2) is 12.4 Å². The number of aryl methyl sites for hydroxylation is 1. The van der Waals surface area contributed by atoms with Crippen LogP contribution < -0.4 is 10.1 Å². The molecule has 1 amide bonds. The number of halogens is 3. The van der Waals surface area contributed by atoms with Crippen LogP contribution in [0.15, 0.2) is 40.9 Å². The highest BCUT2D eigenvalue weighted by atomic mass is 79.9. The van der Waals surface area contributed by atoms with Crippen LogP contribution in [0, 0.1) is 6.92 Å². The molecule has 0 saturated carbocycles. The van der Waals surface area contributed by atoms with Crippen LogP contribution in [0.25, 0.3) is 0 Å². The molecule has 6 heteroatoms. The van der Waals surface area contributed by atoms with Gasteiger partial charge in [-0.2, -0.15) is 0 Å². The number of carbonyl (C=O) groups is 1. The Balaban J connectivity index is 1.99. The Morgan fingerprint density at radius 1 is 1.24 bits per heavy atom. The maximum Gasteiger partial charge on any atom is 0.262 e. The van der Waals surface area contributed by atoms with Crippen LogP contribution in [0.1, 0.15) is 5.56 Å². The van der Waals surface area contributed by atoms with Gasteiger partial charge in [0.1, 0.15) is 0 Å². The van der Waals surface area contributed by atoms with Crippen molar-refractivity contribution >= 4 is 50.7 Å². The van der Waals surface area contributed by atoms with E-state index in [-0.39, 0.29) is 12.5 Å². The highest BCUT2D eigenvalue weighted by Gasteiger charge is 2.10. The number of hydrogen-bond donors (Lipinski definition) is 1. The third-order valence-electron chi connectivity index (χ3n) is 2.73. The lowest BCUT2D eigenvalue weighted by atomic mass is 10.2. The largest absolute Gasteiger partial charge is 0.481 e. The normalized spacial score (nSPS) is 10.3. The minimum absolute atomic E-state index is 0.168. The fourth-order valence-corrected chi connectivity index (χ4v) is 2.69. The molecule has 0 saturated heterocycles. The van der Waals surface area contributed by atoms with Gasteiger partial charge in [0, 0.05) is 10.2 Å². The quantitative estimate of drug-likeness (QED) is 0.792. The van der Waals surface area contributed by atoms with Gasteiger partial charge >= 0.3 is 0 Å². The van der Waals surface area contributed by atoms with E-state index in [2.05, 4.69) is 21.2 Å². The number of amides is 1. The SMILES string of the molecule is Cc1cc(Br)ccc1NC(=O)COc1c(Cl)cccc1Cl. The number of benzene rings is 2. The first kappa shape index (κ1) is 16.1. The molecule has 0 atom stereocenters. The predicted molar refractivity (Wildman–Crippen MR) is 89.5 cm³/mol. The Kier molecular flexibility index (Phi) is 5.51. The molecular weight excluding hydrogens is 377 g/mol. The molecule has 0 radical (unpaired) electrons. The average molecular weight is 389 g/mol. The first-order chi connectivity index (χ1) is 9.97. The zero-order valence-corrected chi connectivity index (χ0v) is 14.2. The van der Waals surface area contributed by atoms with Gasteiger partial charge in [0.2, 0.25) is 0 Å². The minimum atomic E-state index is -0.281. The summed E-state index contributed by atoms with van der Waals surface area (Å²) in [6.07, 6.45) is 0. The van der Waals surface area contributed by atoms with Gasteiger partial charge in [-0.25, -0.2) is 0 Å². The second kappa shape index (κ2) is 7.16. The van der Waals surface area contributed by atoms with Crippen LogP contribution in [0.5, 0.6) is 5.75 Å². The van der Waals surface area contributed by atoms with Crippen molar-refractivity contribution in [2.45, 2.75) is 6.92 Å². The van der Waals surface area contributed by atoms with Crippen LogP contribution in [-0.4, -0.2) is 12.5 Å². The lowest BCUT2D eigenvalue weighted by molar-refractivity contribution is -0.118. The molecule has 110 valence electrons. The summed E-state index contributed by atoms with van der Waals surface area (Å²) in [5.74, 6) is 0.0277. The summed E-state index contributed by atoms with van der Waals surface area (Å²) in [6.45, 7) is 1.74. The second-order valence-corrected chi connectivity index (χ2v) is 6.08. The third kappa shape index (κ3) is 4.37. The number of hydrogen-bond acceptors (Lipinski definition) is 2. The molecule has 0 heterocycles. The van der Waals surface area contributed by atoms with Crippen molar-refractivity contribution in [3.8, 4) is 5.75 Å². The lowest BCUT2D eigenvalue weighted by Crippen LogP contribution is -2.20. The number of anilines is 1. The van der Waals surface area contributed by atoms with Gasteiger partial charge in [-0.1, -0.05) is 45.2 Å². The molecule has 2 aromatic carbocycles. The Morgan fingerprint density at radius 3 is 2.52 bits per heavy atom. The van der Waals surface area contributed by atoms with E-state index in [9.17, 15) is 4.79 Å². The summed E-state index contributed by atoms with van der Waals surface area (Å²) in [4.78, 5) is 11.9. The van der Waals surface area contributed by atoms with E-state index in [1.54, 1.807) is 18.2 Å². The maximum atomic E-state index is 11.9. The molecule has 0 unspecified atom stereocenters. The minimum Gasteiger partial charge on any atom is -0.481 e. The van der Waals surface area contributed by atoms with Crippen molar-refractivity contribution in [3.63, 3.8) is 0 Å². The zero-order chi connectivity index (χ0) is 15.4. The molecule has 0 fully saturated rings. The van der Waals surface area contributed by atoms with Gasteiger partial charge in [-0.3, -0.25) is 4.79 Å². The molecule has 0 aliphatic heterocycles. The van der Waals surface area contributed by atoms with Gasteiger partial charge in [0.25, 0.3) is 5.91 Å². The fourth-order valence-electron chi connectivity index (χ4n) is 1.71. The van der Waals surface area contributed by atoms with Crippen LogP contribution in [0.4, 0.5) is 5.69 Å². The van der Waals surface area contributed by atoms with Crippen molar-refractivity contribution < 1.29 is 9.53 Å². The Hall–Kier alpha value is -1.23. The molecule has 1 N–H and O–H groups in total. The number of ether oxygens (including phenoxy) is 1. The van der Waals surface area contributed by atoms with Crippen molar-refractivity contribution in [2.24, 2.45) is 0 Å². The van der Waals surface area contributed by atoms with Crippen molar-refractivity contribution in [2.75, 3.05) is 11.9 Å². The number of para-hydroxylation sites is 1. The molecule has 0 bridgehead atoms. The van der Waals surface area contributed by atoms with E-state index in [1.165, 1.54) is 0 Å². The molecular formula is C15H12BrCl2NO2. The van der Waals surface area contributed by atoms with E-state index in [1.807, 2.05) is 25.1 Å². The van der Waals surface area contributed by atoms with Crippen molar-refractivity contribution in [1.29, 1.82) is 0 Å². The van der Waals surface area contributed by atoms with Crippen LogP contribution in [0.2, 0.25) is 10.0 Å². The second-order valence-electron chi connectivity index (χ2n) is 4.35. The molecule has 2 rings (SSSR count). The van der Waals surface area contributed by atoms with E-state index >= 15 is 0 Å². The summed E-state index contributed by atoms with van der Waals surface area (Å²) in [5.41, 5.74) is 1.69. The van der Waals surface area contributed by atoms with Crippen LogP contribution in [-0.2, 0) is 4.79 Å². The van der Waals surface area contributed by atoms with Crippen molar-refractivity contribution in [3.05, 3.63) is 56.5 Å². The highest BCUT2D eigenvalue weighted by molar-refractivity contribution is 9.10. The average Bonchev–Trinajstić information content (AvgIpc) is 2.41. The molecule has 0 aliphatic rings. The number of rotatable bonds is 4. The lowest BCUT2D eigenvalue weighted by Gasteiger charge is -2.11. The van der Waals surface area contributed by atoms with Crippen LogP contribution in [0.3, 0.4) is 0 Å². The molecule has 0 spiro atoms. The van der Waals surface area contributed by atoms with Gasteiger partial charge in [-0.15, -0.1) is 0 Å². The summed E-state index contributed by atoms with van der Waals surface area (Å²) < 4.78 is 6.34. The first-order valence-corrected chi connectivity index (χ1v) is 7.65. The van der Waals surface area contributed by atoms with Crippen molar-refractivity contribution in [1.82, 2.24) is 0 Å². The van der Waals surface area contributed by atoms with Gasteiger partial charge in [0.05, 0.1) is 10.0 Å². The van der Waals surface area contributed by atoms with Gasteiger partial charge in [-0.05, 0) is 42.8 Å². The Morgan fingerprint density at radius 2 is 1.90 bits per heavy atom. The maximum absolute atomic E-state index is 11.9. The summed E-state index contributed by atoms with van der Waals surface area (Å²) in [7, 11) is 0.